The lowest BCUT2D eigenvalue weighted by molar-refractivity contribution is 0.0166. The average Bonchev–Trinajstić information content (AvgIpc) is 2.20. The molecule has 0 bridgehead atoms. The molecule has 3 nitrogen and oxygen atoms in total. The zero-order valence-corrected chi connectivity index (χ0v) is 9.51. The lowest BCUT2D eigenvalue weighted by Gasteiger charge is -2.23. The van der Waals surface area contributed by atoms with E-state index in [0.717, 1.165) is 26.2 Å². The standard InChI is InChI=1S/C11H24N2O/c1-10(7-12-2)8-13-9-11-5-3-4-6-14-11/h10-13H,3-9H2,1-2H3. The van der Waals surface area contributed by atoms with E-state index in [1.54, 1.807) is 0 Å². The lowest BCUT2D eigenvalue weighted by Crippen LogP contribution is -2.35. The third-order valence-corrected chi connectivity index (χ3v) is 2.69. The molecule has 0 aromatic carbocycles. The summed E-state index contributed by atoms with van der Waals surface area (Å²) in [5.74, 6) is 0.698. The van der Waals surface area contributed by atoms with E-state index in [0.29, 0.717) is 12.0 Å². The van der Waals surface area contributed by atoms with Gasteiger partial charge in [-0.15, -0.1) is 0 Å². The van der Waals surface area contributed by atoms with Gasteiger partial charge in [-0.25, -0.2) is 0 Å². The molecule has 14 heavy (non-hydrogen) atoms. The second-order valence-corrected chi connectivity index (χ2v) is 4.31. The fraction of sp³-hybridized carbons (Fsp3) is 1.00. The molecule has 1 aliphatic rings. The van der Waals surface area contributed by atoms with Gasteiger partial charge in [0.25, 0.3) is 0 Å². The fourth-order valence-electron chi connectivity index (χ4n) is 1.88. The van der Waals surface area contributed by atoms with E-state index >= 15 is 0 Å². The van der Waals surface area contributed by atoms with Crippen LogP contribution >= 0.6 is 0 Å². The molecule has 1 saturated heterocycles. The minimum absolute atomic E-state index is 0.463. The zero-order chi connectivity index (χ0) is 10.2. The molecule has 2 atom stereocenters. The van der Waals surface area contributed by atoms with Crippen LogP contribution in [-0.2, 0) is 4.74 Å². The molecule has 0 aliphatic carbocycles. The first-order valence-electron chi connectivity index (χ1n) is 5.80. The van der Waals surface area contributed by atoms with Crippen molar-refractivity contribution in [3.8, 4) is 0 Å². The van der Waals surface area contributed by atoms with Crippen molar-refractivity contribution in [2.24, 2.45) is 5.92 Å². The minimum Gasteiger partial charge on any atom is -0.377 e. The molecular formula is C11H24N2O. The predicted molar refractivity (Wildman–Crippen MR) is 59.6 cm³/mol. The topological polar surface area (TPSA) is 33.3 Å². The van der Waals surface area contributed by atoms with E-state index in [1.165, 1.54) is 19.3 Å². The van der Waals surface area contributed by atoms with Crippen molar-refractivity contribution in [3.05, 3.63) is 0 Å². The molecule has 0 aromatic heterocycles. The van der Waals surface area contributed by atoms with Gasteiger partial charge in [0.15, 0.2) is 0 Å². The van der Waals surface area contributed by atoms with E-state index in [1.807, 2.05) is 7.05 Å². The Labute approximate surface area is 87.6 Å². The molecule has 0 aromatic rings. The van der Waals surface area contributed by atoms with Crippen molar-refractivity contribution in [2.45, 2.75) is 32.3 Å². The highest BCUT2D eigenvalue weighted by Crippen LogP contribution is 2.11. The summed E-state index contributed by atoms with van der Waals surface area (Å²) >= 11 is 0. The van der Waals surface area contributed by atoms with E-state index in [-0.39, 0.29) is 0 Å². The van der Waals surface area contributed by atoms with Gasteiger partial charge in [-0.05, 0) is 45.3 Å². The molecule has 1 fully saturated rings. The van der Waals surface area contributed by atoms with Gasteiger partial charge in [-0.3, -0.25) is 0 Å². The largest absolute Gasteiger partial charge is 0.377 e. The van der Waals surface area contributed by atoms with Gasteiger partial charge in [0.1, 0.15) is 0 Å². The van der Waals surface area contributed by atoms with Crippen LogP contribution in [0.1, 0.15) is 26.2 Å². The van der Waals surface area contributed by atoms with Crippen LogP contribution in [0, 0.1) is 5.92 Å². The first-order valence-corrected chi connectivity index (χ1v) is 5.80. The van der Waals surface area contributed by atoms with Gasteiger partial charge in [0.2, 0.25) is 0 Å². The normalized spacial score (nSPS) is 24.9. The summed E-state index contributed by atoms with van der Waals surface area (Å²) in [6.07, 6.45) is 4.27. The summed E-state index contributed by atoms with van der Waals surface area (Å²) < 4.78 is 5.64. The van der Waals surface area contributed by atoms with Crippen LogP contribution in [0.5, 0.6) is 0 Å². The van der Waals surface area contributed by atoms with Gasteiger partial charge < -0.3 is 15.4 Å². The summed E-state index contributed by atoms with van der Waals surface area (Å²) in [5.41, 5.74) is 0. The van der Waals surface area contributed by atoms with Crippen LogP contribution in [-0.4, -0.2) is 39.4 Å². The van der Waals surface area contributed by atoms with Crippen molar-refractivity contribution >= 4 is 0 Å². The Kier molecular flexibility index (Phi) is 6.15. The van der Waals surface area contributed by atoms with Crippen LogP contribution in [0.15, 0.2) is 0 Å². The highest BCUT2D eigenvalue weighted by atomic mass is 16.5. The number of ether oxygens (including phenoxy) is 1. The highest BCUT2D eigenvalue weighted by molar-refractivity contribution is 4.67. The molecule has 0 amide bonds. The third-order valence-electron chi connectivity index (χ3n) is 2.69. The monoisotopic (exact) mass is 200 g/mol. The second-order valence-electron chi connectivity index (χ2n) is 4.31. The van der Waals surface area contributed by atoms with Crippen molar-refractivity contribution < 1.29 is 4.74 Å². The first-order chi connectivity index (χ1) is 6.83. The maximum atomic E-state index is 5.64. The molecule has 0 radical (unpaired) electrons. The highest BCUT2D eigenvalue weighted by Gasteiger charge is 2.13. The van der Waals surface area contributed by atoms with Gasteiger partial charge >= 0.3 is 0 Å². The van der Waals surface area contributed by atoms with Gasteiger partial charge in [-0.2, -0.15) is 0 Å². The number of nitrogens with one attached hydrogen (secondary N) is 2. The van der Waals surface area contributed by atoms with Gasteiger partial charge in [-0.1, -0.05) is 6.92 Å². The molecular weight excluding hydrogens is 176 g/mol. The Bertz CT molecular complexity index is 135. The maximum Gasteiger partial charge on any atom is 0.0699 e. The summed E-state index contributed by atoms with van der Waals surface area (Å²) in [5, 5.41) is 6.66. The molecule has 1 heterocycles. The molecule has 1 aliphatic heterocycles. The average molecular weight is 200 g/mol. The van der Waals surface area contributed by atoms with E-state index in [9.17, 15) is 0 Å². The van der Waals surface area contributed by atoms with Crippen LogP contribution < -0.4 is 10.6 Å². The number of rotatable bonds is 6. The molecule has 0 spiro atoms. The Balaban J connectivity index is 1.96. The van der Waals surface area contributed by atoms with Crippen LogP contribution in [0.2, 0.25) is 0 Å². The van der Waals surface area contributed by atoms with Crippen LogP contribution in [0.3, 0.4) is 0 Å². The number of hydrogen-bond donors (Lipinski definition) is 2. The Morgan fingerprint density at radius 1 is 1.36 bits per heavy atom. The smallest absolute Gasteiger partial charge is 0.0699 e. The SMILES string of the molecule is CNCC(C)CNCC1CCCCO1. The van der Waals surface area contributed by atoms with Gasteiger partial charge in [0.05, 0.1) is 6.10 Å². The maximum absolute atomic E-state index is 5.64. The Hall–Kier alpha value is -0.120. The van der Waals surface area contributed by atoms with Crippen molar-refractivity contribution in [1.82, 2.24) is 10.6 Å². The second kappa shape index (κ2) is 7.21. The third kappa shape index (κ3) is 4.94. The molecule has 2 N–H and O–H groups in total. The molecule has 0 saturated carbocycles. The molecule has 84 valence electrons. The molecule has 2 unspecified atom stereocenters. The summed E-state index contributed by atoms with van der Waals surface area (Å²) in [4.78, 5) is 0. The Morgan fingerprint density at radius 3 is 2.86 bits per heavy atom. The first kappa shape index (κ1) is 12.0. The van der Waals surface area contributed by atoms with Crippen molar-refractivity contribution in [3.63, 3.8) is 0 Å². The molecule has 3 heteroatoms. The van der Waals surface area contributed by atoms with Crippen LogP contribution in [0.25, 0.3) is 0 Å². The van der Waals surface area contributed by atoms with Crippen LogP contribution in [0.4, 0.5) is 0 Å². The summed E-state index contributed by atoms with van der Waals surface area (Å²) in [6.45, 7) is 6.40. The van der Waals surface area contributed by atoms with E-state index in [4.69, 9.17) is 4.74 Å². The molecule has 1 rings (SSSR count). The predicted octanol–water partition coefficient (Wildman–Crippen LogP) is 1.00. The van der Waals surface area contributed by atoms with Gasteiger partial charge in [0, 0.05) is 13.2 Å². The van der Waals surface area contributed by atoms with Crippen molar-refractivity contribution in [2.75, 3.05) is 33.3 Å². The summed E-state index contributed by atoms with van der Waals surface area (Å²) in [7, 11) is 2.00. The van der Waals surface area contributed by atoms with Crippen molar-refractivity contribution in [1.29, 1.82) is 0 Å². The Morgan fingerprint density at radius 2 is 2.21 bits per heavy atom. The zero-order valence-electron chi connectivity index (χ0n) is 9.51. The van der Waals surface area contributed by atoms with E-state index < -0.39 is 0 Å². The number of hydrogen-bond acceptors (Lipinski definition) is 3. The minimum atomic E-state index is 0.463. The quantitative estimate of drug-likeness (QED) is 0.671. The fourth-order valence-corrected chi connectivity index (χ4v) is 1.88. The summed E-state index contributed by atoms with van der Waals surface area (Å²) in [6, 6.07) is 0. The lowest BCUT2D eigenvalue weighted by atomic mass is 10.1. The van der Waals surface area contributed by atoms with E-state index in [2.05, 4.69) is 17.6 Å².